The van der Waals surface area contributed by atoms with E-state index in [1.807, 2.05) is 31.3 Å². The van der Waals surface area contributed by atoms with E-state index in [-0.39, 0.29) is 24.5 Å². The minimum absolute atomic E-state index is 0.0601. The van der Waals surface area contributed by atoms with Gasteiger partial charge in [0.1, 0.15) is 5.75 Å². The Morgan fingerprint density at radius 1 is 1.32 bits per heavy atom. The Morgan fingerprint density at radius 3 is 2.55 bits per heavy atom. The first-order valence-electron chi connectivity index (χ1n) is 8.15. The number of fused-ring (bicyclic) bond motifs is 2. The average molecular weight is 303 g/mol. The van der Waals surface area contributed by atoms with Gasteiger partial charge in [0.15, 0.2) is 0 Å². The fourth-order valence-corrected chi connectivity index (χ4v) is 4.24. The number of ether oxygens (including phenoxy) is 1. The molecule has 2 aliphatic rings. The normalized spacial score (nSPS) is 27.7. The van der Waals surface area contributed by atoms with Gasteiger partial charge in [0, 0.05) is 13.0 Å². The second-order valence-corrected chi connectivity index (χ2v) is 6.70. The molecule has 0 unspecified atom stereocenters. The van der Waals surface area contributed by atoms with Crippen molar-refractivity contribution >= 4 is 5.91 Å². The van der Waals surface area contributed by atoms with Crippen LogP contribution in [0.5, 0.6) is 5.75 Å². The third-order valence-corrected chi connectivity index (χ3v) is 5.54. The summed E-state index contributed by atoms with van der Waals surface area (Å²) in [5, 5.41) is 9.77. The molecule has 4 nitrogen and oxygen atoms in total. The highest BCUT2D eigenvalue weighted by Gasteiger charge is 2.44. The van der Waals surface area contributed by atoms with E-state index in [1.54, 1.807) is 12.0 Å². The summed E-state index contributed by atoms with van der Waals surface area (Å²) in [4.78, 5) is 14.6. The second-order valence-electron chi connectivity index (χ2n) is 6.70. The number of carbonyl (C=O) groups is 1. The summed E-state index contributed by atoms with van der Waals surface area (Å²) >= 11 is 0. The maximum atomic E-state index is 12.8. The molecule has 1 aromatic carbocycles. The first kappa shape index (κ1) is 15.3. The van der Waals surface area contributed by atoms with Crippen LogP contribution in [0.4, 0.5) is 0 Å². The van der Waals surface area contributed by atoms with E-state index in [9.17, 15) is 9.90 Å². The molecule has 2 saturated carbocycles. The van der Waals surface area contributed by atoms with Crippen LogP contribution in [0.3, 0.4) is 0 Å². The van der Waals surface area contributed by atoms with Crippen molar-refractivity contribution in [2.24, 2.45) is 17.8 Å². The fraction of sp³-hybridized carbons (Fsp3) is 0.611. The van der Waals surface area contributed by atoms with Crippen molar-refractivity contribution in [1.29, 1.82) is 0 Å². The number of nitrogens with zero attached hydrogens (tertiary/aromatic N) is 1. The van der Waals surface area contributed by atoms with Gasteiger partial charge in [-0.15, -0.1) is 0 Å². The molecular weight excluding hydrogens is 278 g/mol. The number of carbonyl (C=O) groups excluding carboxylic acids is 1. The van der Waals surface area contributed by atoms with Crippen molar-refractivity contribution in [3.05, 3.63) is 29.8 Å². The monoisotopic (exact) mass is 303 g/mol. The smallest absolute Gasteiger partial charge is 0.226 e. The van der Waals surface area contributed by atoms with E-state index in [2.05, 4.69) is 0 Å². The Morgan fingerprint density at radius 2 is 2.05 bits per heavy atom. The first-order valence-corrected chi connectivity index (χ1v) is 8.15. The summed E-state index contributed by atoms with van der Waals surface area (Å²) in [7, 11) is 3.45. The van der Waals surface area contributed by atoms with E-state index in [0.717, 1.165) is 23.7 Å². The van der Waals surface area contributed by atoms with Crippen LogP contribution in [0.2, 0.25) is 0 Å². The Bertz CT molecular complexity index is 528. The van der Waals surface area contributed by atoms with Crippen LogP contribution in [0.15, 0.2) is 24.3 Å². The van der Waals surface area contributed by atoms with Crippen LogP contribution in [0.25, 0.3) is 0 Å². The predicted molar refractivity (Wildman–Crippen MR) is 84.5 cm³/mol. The molecule has 1 amide bonds. The summed E-state index contributed by atoms with van der Waals surface area (Å²) < 4.78 is 5.16. The molecule has 120 valence electrons. The quantitative estimate of drug-likeness (QED) is 0.909. The van der Waals surface area contributed by atoms with Crippen molar-refractivity contribution in [2.75, 3.05) is 20.8 Å². The lowest BCUT2D eigenvalue weighted by Crippen LogP contribution is -2.39. The molecule has 0 heterocycles. The summed E-state index contributed by atoms with van der Waals surface area (Å²) in [5.74, 6) is 2.46. The molecule has 22 heavy (non-hydrogen) atoms. The van der Waals surface area contributed by atoms with E-state index >= 15 is 0 Å². The molecule has 2 aliphatic carbocycles. The number of methoxy groups -OCH3 is 1. The van der Waals surface area contributed by atoms with Gasteiger partial charge in [-0.05, 0) is 48.8 Å². The van der Waals surface area contributed by atoms with E-state index < -0.39 is 0 Å². The number of amides is 1. The second kappa shape index (κ2) is 6.29. The fourth-order valence-electron chi connectivity index (χ4n) is 4.24. The molecule has 0 aliphatic heterocycles. The van der Waals surface area contributed by atoms with Gasteiger partial charge >= 0.3 is 0 Å². The number of aliphatic hydroxyl groups is 1. The molecule has 0 radical (unpaired) electrons. The lowest BCUT2D eigenvalue weighted by molar-refractivity contribution is -0.139. The zero-order chi connectivity index (χ0) is 15.7. The molecule has 1 aromatic rings. The summed E-state index contributed by atoms with van der Waals surface area (Å²) in [6.07, 6.45) is 4.74. The number of benzene rings is 1. The third kappa shape index (κ3) is 2.72. The minimum atomic E-state index is -0.280. The lowest BCUT2D eigenvalue weighted by atomic mass is 9.87. The number of likely N-dealkylation sites (N-methyl/N-ethyl adjacent to an activating group) is 1. The van der Waals surface area contributed by atoms with Gasteiger partial charge in [0.2, 0.25) is 5.91 Å². The molecule has 4 atom stereocenters. The topological polar surface area (TPSA) is 49.8 Å². The predicted octanol–water partition coefficient (Wildman–Crippen LogP) is 2.62. The van der Waals surface area contributed by atoms with E-state index in [4.69, 9.17) is 4.74 Å². The summed E-state index contributed by atoms with van der Waals surface area (Å²) in [5.41, 5.74) is 0.947. The zero-order valence-electron chi connectivity index (χ0n) is 13.4. The number of hydrogen-bond donors (Lipinski definition) is 1. The number of hydrogen-bond acceptors (Lipinski definition) is 3. The summed E-state index contributed by atoms with van der Waals surface area (Å²) in [6.45, 7) is -0.0601. The Kier molecular flexibility index (Phi) is 4.39. The van der Waals surface area contributed by atoms with Gasteiger partial charge in [0.25, 0.3) is 0 Å². The maximum Gasteiger partial charge on any atom is 0.226 e. The number of rotatable bonds is 5. The van der Waals surface area contributed by atoms with Gasteiger partial charge < -0.3 is 14.7 Å². The molecule has 4 heteroatoms. The standard InChI is InChI=1S/C18H25NO3/c1-19(18(21)16-10-12-3-4-14(16)9-12)17(11-20)13-5-7-15(22-2)8-6-13/h5-8,12,14,16-17,20H,3-4,9-11H2,1-2H3/t12-,14-,16-,17-/m0/s1. The molecule has 2 bridgehead atoms. The average Bonchev–Trinajstić information content (AvgIpc) is 3.18. The molecular formula is C18H25NO3. The lowest BCUT2D eigenvalue weighted by Gasteiger charge is -2.32. The van der Waals surface area contributed by atoms with Gasteiger partial charge in [-0.3, -0.25) is 4.79 Å². The summed E-state index contributed by atoms with van der Waals surface area (Å²) in [6, 6.07) is 7.30. The van der Waals surface area contributed by atoms with Crippen LogP contribution in [0.1, 0.15) is 37.3 Å². The van der Waals surface area contributed by atoms with Crippen molar-refractivity contribution in [3.8, 4) is 5.75 Å². The maximum absolute atomic E-state index is 12.8. The van der Waals surface area contributed by atoms with Crippen LogP contribution >= 0.6 is 0 Å². The molecule has 3 rings (SSSR count). The molecule has 1 N–H and O–H groups in total. The van der Waals surface area contributed by atoms with Crippen LogP contribution in [-0.4, -0.2) is 36.7 Å². The van der Waals surface area contributed by atoms with Crippen molar-refractivity contribution in [3.63, 3.8) is 0 Å². The van der Waals surface area contributed by atoms with Gasteiger partial charge in [-0.2, -0.15) is 0 Å². The highest BCUT2D eigenvalue weighted by molar-refractivity contribution is 5.80. The van der Waals surface area contributed by atoms with Crippen LogP contribution < -0.4 is 4.74 Å². The minimum Gasteiger partial charge on any atom is -0.497 e. The zero-order valence-corrected chi connectivity index (χ0v) is 13.4. The highest BCUT2D eigenvalue weighted by Crippen LogP contribution is 2.49. The molecule has 0 spiro atoms. The Hall–Kier alpha value is -1.55. The molecule has 2 fully saturated rings. The van der Waals surface area contributed by atoms with Gasteiger partial charge in [0.05, 0.1) is 19.8 Å². The molecule has 0 saturated heterocycles. The van der Waals surface area contributed by atoms with Crippen molar-refractivity contribution in [2.45, 2.75) is 31.7 Å². The van der Waals surface area contributed by atoms with Crippen LogP contribution in [-0.2, 0) is 4.79 Å². The SMILES string of the molecule is COc1ccc([C@H](CO)N(C)C(=O)[C@H]2C[C@H]3CC[C@H]2C3)cc1. The molecule has 0 aromatic heterocycles. The first-order chi connectivity index (χ1) is 10.6. The highest BCUT2D eigenvalue weighted by atomic mass is 16.5. The Balaban J connectivity index is 1.73. The van der Waals surface area contributed by atoms with Crippen molar-refractivity contribution in [1.82, 2.24) is 4.90 Å². The number of aliphatic hydroxyl groups excluding tert-OH is 1. The van der Waals surface area contributed by atoms with E-state index in [1.165, 1.54) is 19.3 Å². The Labute approximate surface area is 132 Å². The van der Waals surface area contributed by atoms with E-state index in [0.29, 0.717) is 5.92 Å². The van der Waals surface area contributed by atoms with Crippen LogP contribution in [0, 0.1) is 17.8 Å². The van der Waals surface area contributed by atoms with Crippen molar-refractivity contribution < 1.29 is 14.6 Å². The largest absolute Gasteiger partial charge is 0.497 e. The van der Waals surface area contributed by atoms with Gasteiger partial charge in [-0.25, -0.2) is 0 Å². The van der Waals surface area contributed by atoms with Gasteiger partial charge in [-0.1, -0.05) is 18.6 Å². The third-order valence-electron chi connectivity index (χ3n) is 5.54.